The second kappa shape index (κ2) is 9.92. The van der Waals surface area contributed by atoms with Crippen LogP contribution in [0.4, 0.5) is 5.69 Å². The molecule has 0 aromatic heterocycles. The van der Waals surface area contributed by atoms with Crippen LogP contribution in [0.15, 0.2) is 18.2 Å². The zero-order valence-electron chi connectivity index (χ0n) is 16.3. The quantitative estimate of drug-likeness (QED) is 0.613. The Morgan fingerprint density at radius 2 is 1.70 bits per heavy atom. The van der Waals surface area contributed by atoms with Crippen LogP contribution in [0.5, 0.6) is 0 Å². The topological polar surface area (TPSA) is 83.0 Å². The lowest BCUT2D eigenvalue weighted by atomic mass is 10.1. The number of carbonyl (C=O) groups is 3. The predicted molar refractivity (Wildman–Crippen MR) is 107 cm³/mol. The molecule has 0 heterocycles. The lowest BCUT2D eigenvalue weighted by Crippen LogP contribution is -3.11. The Bertz CT molecular complexity index is 704. The Balaban J connectivity index is 2.47. The third-order valence-electron chi connectivity index (χ3n) is 3.44. The van der Waals surface area contributed by atoms with Crippen LogP contribution in [0.3, 0.4) is 0 Å². The van der Waals surface area contributed by atoms with Crippen molar-refractivity contribution in [2.45, 2.75) is 26.3 Å². The summed E-state index contributed by atoms with van der Waals surface area (Å²) >= 11 is 11.7. The van der Waals surface area contributed by atoms with Gasteiger partial charge < -0.3 is 20.4 Å². The van der Waals surface area contributed by atoms with E-state index in [4.69, 9.17) is 23.2 Å². The van der Waals surface area contributed by atoms with Crippen LogP contribution in [0.1, 0.15) is 20.8 Å². The van der Waals surface area contributed by atoms with E-state index >= 15 is 0 Å². The Kier molecular flexibility index (Phi) is 8.53. The van der Waals surface area contributed by atoms with Crippen LogP contribution >= 0.6 is 23.2 Å². The van der Waals surface area contributed by atoms with Gasteiger partial charge in [-0.2, -0.15) is 0 Å². The maximum Gasteiger partial charge on any atom is 0.277 e. The Morgan fingerprint density at radius 3 is 2.26 bits per heavy atom. The molecule has 0 saturated carbocycles. The summed E-state index contributed by atoms with van der Waals surface area (Å²) in [6.07, 6.45) is 0. The van der Waals surface area contributed by atoms with Crippen LogP contribution < -0.4 is 15.5 Å². The molecule has 9 heteroatoms. The molecule has 0 aliphatic carbocycles. The minimum Gasteiger partial charge on any atom is -0.347 e. The number of carbonyl (C=O) groups excluding carboxylic acids is 3. The third kappa shape index (κ3) is 9.08. The van der Waals surface area contributed by atoms with Crippen molar-refractivity contribution in [1.29, 1.82) is 0 Å². The molecule has 3 amide bonds. The average Bonchev–Trinajstić information content (AvgIpc) is 2.48. The lowest BCUT2D eigenvalue weighted by Gasteiger charge is -2.23. The van der Waals surface area contributed by atoms with Crippen molar-refractivity contribution in [3.8, 4) is 0 Å². The number of nitrogens with zero attached hydrogens (tertiary/aromatic N) is 1. The highest BCUT2D eigenvalue weighted by Crippen LogP contribution is 2.24. The number of likely N-dealkylation sites (N-methyl/N-ethyl adjacent to an activating group) is 2. The summed E-state index contributed by atoms with van der Waals surface area (Å²) in [6, 6.07) is 4.74. The zero-order valence-corrected chi connectivity index (χ0v) is 17.8. The van der Waals surface area contributed by atoms with Crippen molar-refractivity contribution in [3.05, 3.63) is 28.2 Å². The van der Waals surface area contributed by atoms with Gasteiger partial charge in [-0.05, 0) is 39.0 Å². The Hall–Kier alpha value is -1.83. The van der Waals surface area contributed by atoms with Gasteiger partial charge in [0.15, 0.2) is 13.1 Å². The fourth-order valence-electron chi connectivity index (χ4n) is 2.27. The molecule has 1 rings (SSSR count). The summed E-state index contributed by atoms with van der Waals surface area (Å²) in [5.74, 6) is -0.722. The van der Waals surface area contributed by atoms with Crippen molar-refractivity contribution < 1.29 is 19.3 Å². The maximum atomic E-state index is 12.3. The summed E-state index contributed by atoms with van der Waals surface area (Å²) in [7, 11) is 3.29. The number of rotatable bonds is 7. The van der Waals surface area contributed by atoms with Gasteiger partial charge >= 0.3 is 0 Å². The Morgan fingerprint density at radius 1 is 1.07 bits per heavy atom. The van der Waals surface area contributed by atoms with Crippen LogP contribution in [0.25, 0.3) is 0 Å². The molecule has 0 saturated heterocycles. The van der Waals surface area contributed by atoms with E-state index in [9.17, 15) is 14.4 Å². The first-order chi connectivity index (χ1) is 12.4. The van der Waals surface area contributed by atoms with Gasteiger partial charge in [0, 0.05) is 18.3 Å². The van der Waals surface area contributed by atoms with Crippen LogP contribution in [0.2, 0.25) is 10.0 Å². The first kappa shape index (κ1) is 23.2. The summed E-state index contributed by atoms with van der Waals surface area (Å²) < 4.78 is 0. The van der Waals surface area contributed by atoms with Gasteiger partial charge in [0.2, 0.25) is 5.91 Å². The standard InChI is InChI=1S/C18H26Cl2N4O3/c1-18(2,3)22-16(26)9-23(4)11-17(27)24(5)10-15(25)21-12-6-7-13(19)14(20)8-12/h6-8H,9-11H2,1-5H3,(H,21,25)(H,22,26)/p+1. The largest absolute Gasteiger partial charge is 0.347 e. The van der Waals surface area contributed by atoms with Gasteiger partial charge in [-0.15, -0.1) is 0 Å². The minimum atomic E-state index is -0.354. The number of hydrogen-bond donors (Lipinski definition) is 3. The normalized spacial score (nSPS) is 12.3. The number of quaternary nitrogens is 1. The molecule has 150 valence electrons. The fourth-order valence-corrected chi connectivity index (χ4v) is 2.57. The lowest BCUT2D eigenvalue weighted by molar-refractivity contribution is -0.863. The van der Waals surface area contributed by atoms with Crippen molar-refractivity contribution >= 4 is 46.6 Å². The molecule has 1 aromatic carbocycles. The number of nitrogens with one attached hydrogen (secondary N) is 3. The Labute approximate surface area is 170 Å². The van der Waals surface area contributed by atoms with Gasteiger partial charge in [0.05, 0.1) is 23.6 Å². The number of amides is 3. The van der Waals surface area contributed by atoms with E-state index in [1.54, 1.807) is 26.2 Å². The molecule has 0 bridgehead atoms. The molecule has 1 atom stereocenters. The smallest absolute Gasteiger partial charge is 0.277 e. The van der Waals surface area contributed by atoms with E-state index in [0.29, 0.717) is 15.7 Å². The van der Waals surface area contributed by atoms with Crippen molar-refractivity contribution in [2.75, 3.05) is 39.0 Å². The zero-order chi connectivity index (χ0) is 20.8. The van der Waals surface area contributed by atoms with E-state index in [2.05, 4.69) is 10.6 Å². The second-order valence-corrected chi connectivity index (χ2v) is 8.35. The van der Waals surface area contributed by atoms with E-state index in [1.807, 2.05) is 20.8 Å². The van der Waals surface area contributed by atoms with Crippen molar-refractivity contribution in [2.24, 2.45) is 0 Å². The second-order valence-electron chi connectivity index (χ2n) is 7.54. The van der Waals surface area contributed by atoms with Crippen LogP contribution in [-0.4, -0.2) is 61.9 Å². The first-order valence-corrected chi connectivity index (χ1v) is 9.24. The summed E-state index contributed by atoms with van der Waals surface area (Å²) in [4.78, 5) is 38.3. The van der Waals surface area contributed by atoms with Gasteiger partial charge in [-0.3, -0.25) is 14.4 Å². The highest BCUT2D eigenvalue weighted by atomic mass is 35.5. The molecular weight excluding hydrogens is 391 g/mol. The molecule has 0 aliphatic rings. The molecule has 0 spiro atoms. The molecule has 27 heavy (non-hydrogen) atoms. The maximum absolute atomic E-state index is 12.3. The third-order valence-corrected chi connectivity index (χ3v) is 4.18. The highest BCUT2D eigenvalue weighted by molar-refractivity contribution is 6.42. The van der Waals surface area contributed by atoms with E-state index in [0.717, 1.165) is 4.90 Å². The molecule has 1 unspecified atom stereocenters. The van der Waals surface area contributed by atoms with Gasteiger partial charge in [-0.1, -0.05) is 23.2 Å². The molecule has 0 radical (unpaired) electrons. The minimum absolute atomic E-state index is 0.105. The molecule has 7 nitrogen and oxygen atoms in total. The van der Waals surface area contributed by atoms with Crippen molar-refractivity contribution in [3.63, 3.8) is 0 Å². The fraction of sp³-hybridized carbons (Fsp3) is 0.500. The van der Waals surface area contributed by atoms with E-state index in [1.165, 1.54) is 11.0 Å². The highest BCUT2D eigenvalue weighted by Gasteiger charge is 2.21. The summed E-state index contributed by atoms with van der Waals surface area (Å²) in [6.45, 7) is 5.85. The van der Waals surface area contributed by atoms with Crippen molar-refractivity contribution in [1.82, 2.24) is 10.2 Å². The first-order valence-electron chi connectivity index (χ1n) is 8.48. The molecule has 0 aliphatic heterocycles. The van der Waals surface area contributed by atoms with Gasteiger partial charge in [0.25, 0.3) is 11.8 Å². The summed E-state index contributed by atoms with van der Waals surface area (Å²) in [5, 5.41) is 6.23. The van der Waals surface area contributed by atoms with Gasteiger partial charge in [0.1, 0.15) is 0 Å². The monoisotopic (exact) mass is 417 g/mol. The van der Waals surface area contributed by atoms with Gasteiger partial charge in [-0.25, -0.2) is 0 Å². The molecule has 0 fully saturated rings. The van der Waals surface area contributed by atoms with E-state index in [-0.39, 0.29) is 42.9 Å². The number of hydrogen-bond acceptors (Lipinski definition) is 3. The van der Waals surface area contributed by atoms with Crippen LogP contribution in [-0.2, 0) is 14.4 Å². The number of halogens is 2. The molecular formula is C18H27Cl2N4O3+. The molecule has 3 N–H and O–H groups in total. The number of anilines is 1. The SMILES string of the molecule is CN(CC(=O)Nc1ccc(Cl)c(Cl)c1)C(=O)C[NH+](C)CC(=O)NC(C)(C)C. The van der Waals surface area contributed by atoms with Crippen LogP contribution in [0, 0.1) is 0 Å². The average molecular weight is 418 g/mol. The summed E-state index contributed by atoms with van der Waals surface area (Å²) in [5.41, 5.74) is 0.178. The molecule has 1 aromatic rings. The van der Waals surface area contributed by atoms with E-state index < -0.39 is 0 Å². The predicted octanol–water partition coefficient (Wildman–Crippen LogP) is 0.820. The number of benzene rings is 1.